The lowest BCUT2D eigenvalue weighted by Crippen LogP contribution is -2.53. The molecule has 26 heavy (non-hydrogen) atoms. The van der Waals surface area contributed by atoms with Gasteiger partial charge in [0.05, 0.1) is 0 Å². The molecule has 8 atom stereocenters. The lowest BCUT2D eigenvalue weighted by Gasteiger charge is -2.61. The number of nitrogens with two attached hydrogens (primary N) is 1. The number of hydrogen-bond donors (Lipinski definition) is 1. The smallest absolute Gasteiger partial charge is 0.217 e. The molecule has 4 saturated carbocycles. The third-order valence-electron chi connectivity index (χ3n) is 10.2. The summed E-state index contributed by atoms with van der Waals surface area (Å²) in [5.74, 6) is 5.29. The number of fused-ring (bicyclic) bond motifs is 5. The molecule has 0 heterocycles. The molecule has 148 valence electrons. The first-order valence-corrected chi connectivity index (χ1v) is 11.6. The van der Waals surface area contributed by atoms with Gasteiger partial charge in [-0.1, -0.05) is 33.6 Å². The standard InChI is InChI=1S/C24H41NO/c1-16(7-12-22(25)26)19-10-11-20-18-9-8-17-6-4-5-14-23(17,2)21(18)13-15-24(19,20)3/h16-21H,4-15H2,1-3H3,(H2,25,26)/t16-,17?,18?,19?,20?,21?,23?,24?/m1/s1. The van der Waals surface area contributed by atoms with Gasteiger partial charge in [-0.2, -0.15) is 0 Å². The zero-order valence-electron chi connectivity index (χ0n) is 17.4. The molecule has 0 spiro atoms. The lowest BCUT2D eigenvalue weighted by atomic mass is 9.44. The predicted molar refractivity (Wildman–Crippen MR) is 107 cm³/mol. The Morgan fingerprint density at radius 2 is 1.73 bits per heavy atom. The molecule has 4 aliphatic rings. The lowest BCUT2D eigenvalue weighted by molar-refractivity contribution is -0.119. The minimum Gasteiger partial charge on any atom is -0.370 e. The molecule has 1 amide bonds. The van der Waals surface area contributed by atoms with E-state index in [-0.39, 0.29) is 5.91 Å². The van der Waals surface area contributed by atoms with E-state index in [4.69, 9.17) is 5.73 Å². The van der Waals surface area contributed by atoms with Gasteiger partial charge in [0.2, 0.25) is 5.91 Å². The van der Waals surface area contributed by atoms with E-state index in [0.717, 1.165) is 36.0 Å². The van der Waals surface area contributed by atoms with E-state index in [1.165, 1.54) is 64.2 Å². The fraction of sp³-hybridized carbons (Fsp3) is 0.958. The fourth-order valence-corrected chi connectivity index (χ4v) is 8.84. The molecule has 0 aromatic rings. The highest BCUT2D eigenvalue weighted by Crippen LogP contribution is 2.68. The molecule has 2 nitrogen and oxygen atoms in total. The van der Waals surface area contributed by atoms with Crippen LogP contribution in [0, 0.1) is 46.3 Å². The summed E-state index contributed by atoms with van der Waals surface area (Å²) in [7, 11) is 0. The van der Waals surface area contributed by atoms with Crippen molar-refractivity contribution in [3.05, 3.63) is 0 Å². The number of carbonyl (C=O) groups excluding carboxylic acids is 1. The fourth-order valence-electron chi connectivity index (χ4n) is 8.84. The van der Waals surface area contributed by atoms with Gasteiger partial charge in [-0.15, -0.1) is 0 Å². The third-order valence-corrected chi connectivity index (χ3v) is 10.2. The predicted octanol–water partition coefficient (Wildman–Crippen LogP) is 5.94. The molecule has 2 heteroatoms. The van der Waals surface area contributed by atoms with Crippen LogP contribution in [0.1, 0.15) is 97.8 Å². The minimum atomic E-state index is -0.121. The molecule has 7 unspecified atom stereocenters. The molecule has 4 aliphatic carbocycles. The maximum atomic E-state index is 11.3. The van der Waals surface area contributed by atoms with Crippen molar-refractivity contribution in [1.82, 2.24) is 0 Å². The molecule has 0 bridgehead atoms. The molecule has 4 rings (SSSR count). The quantitative estimate of drug-likeness (QED) is 0.663. The van der Waals surface area contributed by atoms with Crippen molar-refractivity contribution in [1.29, 1.82) is 0 Å². The molecular formula is C24H41NO. The number of amides is 1. The average molecular weight is 360 g/mol. The second-order valence-corrected chi connectivity index (χ2v) is 11.1. The molecule has 0 radical (unpaired) electrons. The third kappa shape index (κ3) is 2.85. The van der Waals surface area contributed by atoms with Crippen molar-refractivity contribution in [2.75, 3.05) is 0 Å². The first-order chi connectivity index (χ1) is 12.4. The Morgan fingerprint density at radius 1 is 0.962 bits per heavy atom. The van der Waals surface area contributed by atoms with Gasteiger partial charge in [0, 0.05) is 6.42 Å². The Kier molecular flexibility index (Phi) is 4.93. The first kappa shape index (κ1) is 18.8. The largest absolute Gasteiger partial charge is 0.370 e. The molecule has 4 fully saturated rings. The summed E-state index contributed by atoms with van der Waals surface area (Å²) in [5, 5.41) is 0. The Balaban J connectivity index is 1.52. The van der Waals surface area contributed by atoms with Gasteiger partial charge < -0.3 is 5.73 Å². The van der Waals surface area contributed by atoms with Crippen LogP contribution < -0.4 is 5.73 Å². The summed E-state index contributed by atoms with van der Waals surface area (Å²) in [4.78, 5) is 11.3. The van der Waals surface area contributed by atoms with Gasteiger partial charge in [-0.05, 0) is 104 Å². The van der Waals surface area contributed by atoms with Gasteiger partial charge in [-0.3, -0.25) is 4.79 Å². The van der Waals surface area contributed by atoms with E-state index in [1.54, 1.807) is 0 Å². The zero-order chi connectivity index (χ0) is 18.5. The van der Waals surface area contributed by atoms with Gasteiger partial charge in [0.15, 0.2) is 0 Å². The van der Waals surface area contributed by atoms with Crippen LogP contribution in [0.15, 0.2) is 0 Å². The molecule has 0 aromatic heterocycles. The molecule has 0 saturated heterocycles. The van der Waals surface area contributed by atoms with Crippen LogP contribution in [0.25, 0.3) is 0 Å². The Labute approximate surface area is 161 Å². The van der Waals surface area contributed by atoms with E-state index >= 15 is 0 Å². The average Bonchev–Trinajstić information content (AvgIpc) is 2.96. The summed E-state index contributed by atoms with van der Waals surface area (Å²) in [6.07, 6.45) is 16.3. The van der Waals surface area contributed by atoms with Crippen LogP contribution in [0.4, 0.5) is 0 Å². The highest BCUT2D eigenvalue weighted by Gasteiger charge is 2.60. The van der Waals surface area contributed by atoms with Crippen LogP contribution in [-0.2, 0) is 4.79 Å². The van der Waals surface area contributed by atoms with Crippen LogP contribution in [0.2, 0.25) is 0 Å². The Bertz CT molecular complexity index is 544. The highest BCUT2D eigenvalue weighted by molar-refractivity contribution is 5.73. The van der Waals surface area contributed by atoms with E-state index < -0.39 is 0 Å². The number of carbonyl (C=O) groups is 1. The van der Waals surface area contributed by atoms with E-state index in [1.807, 2.05) is 0 Å². The van der Waals surface area contributed by atoms with Gasteiger partial charge in [0.25, 0.3) is 0 Å². The number of hydrogen-bond acceptors (Lipinski definition) is 1. The summed E-state index contributed by atoms with van der Waals surface area (Å²) in [5.41, 5.74) is 6.60. The highest BCUT2D eigenvalue weighted by atomic mass is 16.1. The monoisotopic (exact) mass is 359 g/mol. The van der Waals surface area contributed by atoms with Crippen molar-refractivity contribution in [3.63, 3.8) is 0 Å². The normalized spacial score (nSPS) is 49.0. The van der Waals surface area contributed by atoms with Crippen molar-refractivity contribution in [2.45, 2.75) is 97.8 Å². The number of primary amides is 1. The van der Waals surface area contributed by atoms with Crippen LogP contribution in [0.5, 0.6) is 0 Å². The van der Waals surface area contributed by atoms with Gasteiger partial charge in [-0.25, -0.2) is 0 Å². The second kappa shape index (κ2) is 6.82. The van der Waals surface area contributed by atoms with E-state index in [0.29, 0.717) is 23.2 Å². The molecule has 0 aromatic carbocycles. The van der Waals surface area contributed by atoms with E-state index in [9.17, 15) is 4.79 Å². The van der Waals surface area contributed by atoms with Crippen molar-refractivity contribution in [2.24, 2.45) is 52.1 Å². The summed E-state index contributed by atoms with van der Waals surface area (Å²) >= 11 is 0. The first-order valence-electron chi connectivity index (χ1n) is 11.6. The van der Waals surface area contributed by atoms with Crippen LogP contribution in [0.3, 0.4) is 0 Å². The summed E-state index contributed by atoms with van der Waals surface area (Å²) in [6, 6.07) is 0. The maximum absolute atomic E-state index is 11.3. The zero-order valence-corrected chi connectivity index (χ0v) is 17.4. The van der Waals surface area contributed by atoms with Gasteiger partial charge in [0.1, 0.15) is 0 Å². The summed E-state index contributed by atoms with van der Waals surface area (Å²) < 4.78 is 0. The Morgan fingerprint density at radius 3 is 2.50 bits per heavy atom. The molecular weight excluding hydrogens is 318 g/mol. The van der Waals surface area contributed by atoms with Crippen molar-refractivity contribution >= 4 is 5.91 Å². The molecule has 0 aliphatic heterocycles. The summed E-state index contributed by atoms with van der Waals surface area (Å²) in [6.45, 7) is 7.70. The van der Waals surface area contributed by atoms with Crippen LogP contribution >= 0.6 is 0 Å². The van der Waals surface area contributed by atoms with E-state index in [2.05, 4.69) is 20.8 Å². The number of rotatable bonds is 4. The second-order valence-electron chi connectivity index (χ2n) is 11.1. The van der Waals surface area contributed by atoms with Crippen LogP contribution in [-0.4, -0.2) is 5.91 Å². The SMILES string of the molecule is C[C@H](CCC(N)=O)C1CCC2C3CCC4CCCCC4(C)C3CCC21C. The van der Waals surface area contributed by atoms with Gasteiger partial charge >= 0.3 is 0 Å². The van der Waals surface area contributed by atoms with Crippen molar-refractivity contribution in [3.8, 4) is 0 Å². The maximum Gasteiger partial charge on any atom is 0.217 e. The molecule has 2 N–H and O–H groups in total. The Hall–Kier alpha value is -0.530. The van der Waals surface area contributed by atoms with Crippen molar-refractivity contribution < 1.29 is 4.79 Å². The topological polar surface area (TPSA) is 43.1 Å². The minimum absolute atomic E-state index is 0.121.